The largest absolute Gasteiger partial charge is 0.448 e. The number of halogens is 1. The van der Waals surface area contributed by atoms with Crippen molar-refractivity contribution in [2.75, 3.05) is 13.2 Å². The van der Waals surface area contributed by atoms with Gasteiger partial charge in [-0.15, -0.1) is 0 Å². The maximum atomic E-state index is 13.9. The van der Waals surface area contributed by atoms with Crippen molar-refractivity contribution in [1.82, 2.24) is 14.2 Å². The van der Waals surface area contributed by atoms with Crippen LogP contribution in [0.4, 0.5) is 4.79 Å². The van der Waals surface area contributed by atoms with E-state index in [0.717, 1.165) is 17.5 Å². The lowest BCUT2D eigenvalue weighted by Crippen LogP contribution is -2.48. The Hall–Kier alpha value is -2.94. The third kappa shape index (κ3) is 6.06. The molecule has 2 heterocycles. The fraction of sp³-hybridized carbons (Fsp3) is 0.333. The van der Waals surface area contributed by atoms with E-state index in [1.165, 1.54) is 16.4 Å². The highest BCUT2D eigenvalue weighted by Gasteiger charge is 2.41. The van der Waals surface area contributed by atoms with Gasteiger partial charge in [-0.25, -0.2) is 13.2 Å². The Morgan fingerprint density at radius 2 is 1.75 bits per heavy atom. The van der Waals surface area contributed by atoms with Crippen LogP contribution in [0.15, 0.2) is 84.0 Å². The number of sulfonamides is 1. The molecule has 7 nitrogen and oxygen atoms in total. The Balaban J connectivity index is 1.58. The summed E-state index contributed by atoms with van der Waals surface area (Å²) in [5, 5.41) is 0.464. The molecule has 1 aromatic heterocycles. The second-order valence-corrected chi connectivity index (χ2v) is 11.0. The molecular weight excluding hydrogens is 498 g/mol. The van der Waals surface area contributed by atoms with E-state index >= 15 is 0 Å². The highest BCUT2D eigenvalue weighted by molar-refractivity contribution is 7.89. The minimum atomic E-state index is -3.88. The molecule has 0 unspecified atom stereocenters. The highest BCUT2D eigenvalue weighted by Crippen LogP contribution is 2.39. The predicted molar refractivity (Wildman–Crippen MR) is 139 cm³/mol. The maximum Gasteiger partial charge on any atom is 0.410 e. The molecule has 1 aliphatic heterocycles. The van der Waals surface area contributed by atoms with Gasteiger partial charge in [0.05, 0.1) is 17.0 Å². The van der Waals surface area contributed by atoms with Gasteiger partial charge in [0.25, 0.3) is 0 Å². The molecule has 9 heteroatoms. The minimum Gasteiger partial charge on any atom is -0.448 e. The molecule has 0 radical (unpaired) electrons. The van der Waals surface area contributed by atoms with Crippen molar-refractivity contribution in [1.29, 1.82) is 0 Å². The SMILES string of the molecule is CCN(Cc1ccncc1)C(=O)OC[C@H]1CCC[C@@H](c2ccccc2)N1S(=O)(=O)c1ccc(Cl)cc1. The second kappa shape index (κ2) is 11.9. The van der Waals surface area contributed by atoms with Crippen LogP contribution >= 0.6 is 11.6 Å². The van der Waals surface area contributed by atoms with Crippen molar-refractivity contribution < 1.29 is 17.9 Å². The van der Waals surface area contributed by atoms with Crippen molar-refractivity contribution in [3.05, 3.63) is 95.3 Å². The Labute approximate surface area is 217 Å². The molecule has 1 aliphatic rings. The smallest absolute Gasteiger partial charge is 0.410 e. The van der Waals surface area contributed by atoms with Crippen LogP contribution < -0.4 is 0 Å². The summed E-state index contributed by atoms with van der Waals surface area (Å²) in [4.78, 5) is 18.7. The van der Waals surface area contributed by atoms with Crippen LogP contribution in [-0.4, -0.2) is 47.9 Å². The molecule has 1 saturated heterocycles. The van der Waals surface area contributed by atoms with Crippen LogP contribution in [0.3, 0.4) is 0 Å². The Bertz CT molecular complexity index is 1240. The van der Waals surface area contributed by atoms with Crippen LogP contribution in [0.1, 0.15) is 43.4 Å². The maximum absolute atomic E-state index is 13.9. The van der Waals surface area contributed by atoms with Crippen LogP contribution in [-0.2, 0) is 21.3 Å². The summed E-state index contributed by atoms with van der Waals surface area (Å²) >= 11 is 6.01. The number of carbonyl (C=O) groups excluding carboxylic acids is 1. The van der Waals surface area contributed by atoms with Gasteiger partial charge in [-0.1, -0.05) is 41.9 Å². The quantitative estimate of drug-likeness (QED) is 0.376. The van der Waals surface area contributed by atoms with E-state index in [0.29, 0.717) is 31.0 Å². The van der Waals surface area contributed by atoms with E-state index < -0.39 is 22.2 Å². The normalized spacial score (nSPS) is 18.5. The van der Waals surface area contributed by atoms with Crippen LogP contribution in [0, 0.1) is 0 Å². The summed E-state index contributed by atoms with van der Waals surface area (Å²) in [6.45, 7) is 2.71. The summed E-state index contributed by atoms with van der Waals surface area (Å²) < 4.78 is 35.0. The van der Waals surface area contributed by atoms with Crippen molar-refractivity contribution in [2.45, 2.75) is 49.7 Å². The van der Waals surface area contributed by atoms with Crippen LogP contribution in [0.25, 0.3) is 0 Å². The summed E-state index contributed by atoms with van der Waals surface area (Å²) in [5.74, 6) is 0. The van der Waals surface area contributed by atoms with E-state index in [-0.39, 0.29) is 17.5 Å². The molecule has 0 N–H and O–H groups in total. The first-order valence-electron chi connectivity index (χ1n) is 12.0. The lowest BCUT2D eigenvalue weighted by molar-refractivity contribution is 0.0615. The molecule has 2 atom stereocenters. The monoisotopic (exact) mass is 527 g/mol. The number of benzene rings is 2. The van der Waals surface area contributed by atoms with Gasteiger partial charge in [-0.2, -0.15) is 4.31 Å². The topological polar surface area (TPSA) is 79.8 Å². The summed E-state index contributed by atoms with van der Waals surface area (Å²) in [6, 6.07) is 18.6. The zero-order valence-electron chi connectivity index (χ0n) is 20.2. The molecule has 2 aromatic carbocycles. The van der Waals surface area contributed by atoms with E-state index in [2.05, 4.69) is 4.98 Å². The molecule has 1 fully saturated rings. The molecular formula is C27H30ClN3O4S. The molecule has 190 valence electrons. The molecule has 0 spiro atoms. The van der Waals surface area contributed by atoms with Crippen molar-refractivity contribution in [3.8, 4) is 0 Å². The van der Waals surface area contributed by atoms with Crippen LogP contribution in [0.2, 0.25) is 5.02 Å². The van der Waals surface area contributed by atoms with E-state index in [1.807, 2.05) is 49.4 Å². The minimum absolute atomic E-state index is 0.0260. The van der Waals surface area contributed by atoms with E-state index in [4.69, 9.17) is 16.3 Å². The number of rotatable bonds is 8. The number of hydrogen-bond acceptors (Lipinski definition) is 5. The van der Waals surface area contributed by atoms with Gasteiger partial charge in [-0.3, -0.25) is 4.98 Å². The summed E-state index contributed by atoms with van der Waals surface area (Å²) in [7, 11) is -3.88. The van der Waals surface area contributed by atoms with Gasteiger partial charge in [0, 0.05) is 30.5 Å². The lowest BCUT2D eigenvalue weighted by atomic mass is 9.93. The van der Waals surface area contributed by atoms with Gasteiger partial charge in [0.2, 0.25) is 10.0 Å². The molecule has 3 aromatic rings. The number of nitrogens with zero attached hydrogens (tertiary/aromatic N) is 3. The van der Waals surface area contributed by atoms with Crippen molar-refractivity contribution in [3.63, 3.8) is 0 Å². The fourth-order valence-corrected chi connectivity index (χ4v) is 6.54. The standard InChI is InChI=1S/C27H30ClN3O4S/c1-2-30(19-21-15-17-29-18-16-21)27(32)35-20-24-9-6-10-26(22-7-4-3-5-8-22)31(24)36(33,34)25-13-11-23(28)12-14-25/h3-5,7-8,11-18,24,26H,2,6,9-10,19-20H2,1H3/t24-,26+/m1/s1. The molecule has 1 amide bonds. The second-order valence-electron chi connectivity index (χ2n) is 8.75. The molecule has 36 heavy (non-hydrogen) atoms. The third-order valence-electron chi connectivity index (χ3n) is 6.42. The zero-order chi connectivity index (χ0) is 25.5. The average Bonchev–Trinajstić information content (AvgIpc) is 2.91. The Morgan fingerprint density at radius 1 is 1.06 bits per heavy atom. The average molecular weight is 528 g/mol. The zero-order valence-corrected chi connectivity index (χ0v) is 21.7. The van der Waals surface area contributed by atoms with Crippen LogP contribution in [0.5, 0.6) is 0 Å². The van der Waals surface area contributed by atoms with Crippen molar-refractivity contribution >= 4 is 27.7 Å². The first kappa shape index (κ1) is 26.1. The number of piperidine rings is 1. The van der Waals surface area contributed by atoms with Gasteiger partial charge >= 0.3 is 6.09 Å². The van der Waals surface area contributed by atoms with Crippen molar-refractivity contribution in [2.24, 2.45) is 0 Å². The number of hydrogen-bond donors (Lipinski definition) is 0. The number of ether oxygens (including phenoxy) is 1. The Kier molecular flexibility index (Phi) is 8.61. The fourth-order valence-electron chi connectivity index (χ4n) is 4.57. The summed E-state index contributed by atoms with van der Waals surface area (Å²) in [6.07, 6.45) is 4.99. The lowest BCUT2D eigenvalue weighted by Gasteiger charge is -2.41. The number of carbonyl (C=O) groups is 1. The van der Waals surface area contributed by atoms with E-state index in [1.54, 1.807) is 29.4 Å². The predicted octanol–water partition coefficient (Wildman–Crippen LogP) is 5.68. The number of pyridine rings is 1. The van der Waals surface area contributed by atoms with Gasteiger partial charge in [0.15, 0.2) is 0 Å². The molecule has 0 bridgehead atoms. The molecule has 0 aliphatic carbocycles. The Morgan fingerprint density at radius 3 is 2.42 bits per heavy atom. The molecule has 4 rings (SSSR count). The number of amides is 1. The van der Waals surface area contributed by atoms with Gasteiger partial charge in [-0.05, 0) is 73.7 Å². The number of aromatic nitrogens is 1. The molecule has 0 saturated carbocycles. The van der Waals surface area contributed by atoms with E-state index in [9.17, 15) is 13.2 Å². The highest BCUT2D eigenvalue weighted by atomic mass is 35.5. The third-order valence-corrected chi connectivity index (χ3v) is 8.64. The van der Waals surface area contributed by atoms with Gasteiger partial charge in [0.1, 0.15) is 6.61 Å². The first-order valence-corrected chi connectivity index (χ1v) is 13.9. The summed E-state index contributed by atoms with van der Waals surface area (Å²) in [5.41, 5.74) is 1.86. The van der Waals surface area contributed by atoms with Gasteiger partial charge < -0.3 is 9.64 Å². The first-order chi connectivity index (χ1) is 17.4.